The number of fused-ring (bicyclic) bond motifs is 1. The third kappa shape index (κ3) is 2.85. The molecule has 0 saturated carbocycles. The molecule has 2 aliphatic rings. The van der Waals surface area contributed by atoms with E-state index in [2.05, 4.69) is 24.4 Å². The van der Waals surface area contributed by atoms with Crippen LogP contribution in [0.4, 0.5) is 0 Å². The van der Waals surface area contributed by atoms with Crippen LogP contribution in [0.5, 0.6) is 0 Å². The van der Waals surface area contributed by atoms with Gasteiger partial charge in [0.1, 0.15) is 17.5 Å². The number of nitrogens with one attached hydrogen (secondary N) is 1. The van der Waals surface area contributed by atoms with E-state index in [-0.39, 0.29) is 23.4 Å². The average molecular weight is 334 g/mol. The maximum Gasteiger partial charge on any atom is 0.327 e. The van der Waals surface area contributed by atoms with Gasteiger partial charge in [-0.2, -0.15) is 0 Å². The van der Waals surface area contributed by atoms with Gasteiger partial charge in [-0.05, 0) is 32.8 Å². The van der Waals surface area contributed by atoms with Crippen molar-refractivity contribution in [3.05, 3.63) is 35.9 Å². The Balaban J connectivity index is 1.65. The molecule has 6 heteroatoms. The van der Waals surface area contributed by atoms with Crippen LogP contribution in [0.2, 0.25) is 0 Å². The minimum atomic E-state index is -0.922. The normalized spacial score (nSPS) is 29.8. The summed E-state index contributed by atoms with van der Waals surface area (Å²) in [5.74, 6) is -1.02. The maximum absolute atomic E-state index is 12.4. The molecule has 2 fully saturated rings. The first-order valence-corrected chi connectivity index (χ1v) is 8.72. The zero-order valence-corrected chi connectivity index (χ0v) is 14.3. The molecule has 2 aliphatic heterocycles. The lowest BCUT2D eigenvalue weighted by Gasteiger charge is -2.44. The number of benzene rings is 1. The van der Waals surface area contributed by atoms with Crippen LogP contribution >= 0.6 is 11.8 Å². The molecule has 2 N–H and O–H groups in total. The summed E-state index contributed by atoms with van der Waals surface area (Å²) in [5, 5.41) is 12.7. The van der Waals surface area contributed by atoms with Crippen molar-refractivity contribution in [2.45, 2.75) is 55.4 Å². The van der Waals surface area contributed by atoms with Gasteiger partial charge in [-0.1, -0.05) is 30.3 Å². The van der Waals surface area contributed by atoms with Crippen LogP contribution in [0.25, 0.3) is 0 Å². The van der Waals surface area contributed by atoms with Gasteiger partial charge in [0.25, 0.3) is 0 Å². The summed E-state index contributed by atoms with van der Waals surface area (Å²) < 4.78 is -0.467. The number of carboxylic acids is 1. The number of carbonyl (C=O) groups is 2. The fourth-order valence-electron chi connectivity index (χ4n) is 3.50. The summed E-state index contributed by atoms with van der Waals surface area (Å²) in [5.41, 5.74) is 1.22. The van der Waals surface area contributed by atoms with E-state index in [4.69, 9.17) is 0 Å². The van der Waals surface area contributed by atoms with Crippen molar-refractivity contribution < 1.29 is 14.7 Å². The largest absolute Gasteiger partial charge is 0.480 e. The highest BCUT2D eigenvalue weighted by atomic mass is 32.2. The number of thioether (sulfide) groups is 1. The molecule has 0 spiro atoms. The van der Waals surface area contributed by atoms with Crippen LogP contribution in [-0.4, -0.2) is 50.1 Å². The van der Waals surface area contributed by atoms with Crippen molar-refractivity contribution in [2.75, 3.05) is 0 Å². The molecule has 0 aliphatic carbocycles. The van der Waals surface area contributed by atoms with Gasteiger partial charge in [0.05, 0.1) is 0 Å². The number of carbonyl (C=O) groups excluding carboxylic acids is 1. The highest BCUT2D eigenvalue weighted by Gasteiger charge is 2.63. The Bertz CT molecular complexity index is 620. The molecule has 1 aromatic rings. The van der Waals surface area contributed by atoms with Crippen molar-refractivity contribution >= 4 is 23.6 Å². The zero-order valence-electron chi connectivity index (χ0n) is 13.5. The number of hydrogen-bond donors (Lipinski definition) is 2. The summed E-state index contributed by atoms with van der Waals surface area (Å²) in [4.78, 5) is 25.4. The first-order chi connectivity index (χ1) is 10.8. The molecule has 2 saturated heterocycles. The lowest BCUT2D eigenvalue weighted by molar-refractivity contribution is -0.160. The molecule has 23 heavy (non-hydrogen) atoms. The Morgan fingerprint density at radius 2 is 2.04 bits per heavy atom. The number of nitrogens with zero attached hydrogens (tertiary/aromatic N) is 1. The molecule has 1 amide bonds. The molecule has 0 radical (unpaired) electrons. The molecule has 2 heterocycles. The van der Waals surface area contributed by atoms with Crippen LogP contribution in [0.3, 0.4) is 0 Å². The van der Waals surface area contributed by atoms with Crippen molar-refractivity contribution in [1.82, 2.24) is 10.2 Å². The van der Waals surface area contributed by atoms with E-state index in [1.165, 1.54) is 10.5 Å². The second kappa shape index (κ2) is 5.83. The first kappa shape index (κ1) is 16.3. The Labute approximate surface area is 140 Å². The fraction of sp³-hybridized carbons (Fsp3) is 0.529. The zero-order chi connectivity index (χ0) is 16.8. The maximum atomic E-state index is 12.4. The van der Waals surface area contributed by atoms with E-state index < -0.39 is 16.8 Å². The molecule has 0 aromatic heterocycles. The van der Waals surface area contributed by atoms with E-state index in [0.29, 0.717) is 0 Å². The van der Waals surface area contributed by atoms with Crippen molar-refractivity contribution in [3.8, 4) is 0 Å². The Hall–Kier alpha value is -1.53. The van der Waals surface area contributed by atoms with Gasteiger partial charge in [-0.25, -0.2) is 4.79 Å². The second-order valence-corrected chi connectivity index (χ2v) is 8.60. The monoisotopic (exact) mass is 334 g/mol. The van der Waals surface area contributed by atoms with Crippen LogP contribution < -0.4 is 5.32 Å². The third-order valence-corrected chi connectivity index (χ3v) is 6.10. The Morgan fingerprint density at radius 3 is 2.65 bits per heavy atom. The quantitative estimate of drug-likeness (QED) is 0.803. The number of rotatable bonds is 5. The molecule has 124 valence electrons. The molecule has 4 atom stereocenters. The van der Waals surface area contributed by atoms with Gasteiger partial charge in [-0.3, -0.25) is 4.79 Å². The number of β-lactam (4-membered cyclic amide) rings is 1. The Morgan fingerprint density at radius 1 is 1.39 bits per heavy atom. The topological polar surface area (TPSA) is 69.6 Å². The van der Waals surface area contributed by atoms with E-state index in [1.807, 2.05) is 32.0 Å². The van der Waals surface area contributed by atoms with Crippen LogP contribution in [0.1, 0.15) is 26.3 Å². The standard InChI is InChI=1S/C17H22N2O3S/c1-10(9-11-7-5-4-6-8-11)18-12-14(20)19-13(16(21)22)17(2,3)23-15(12)19/h4-8,10,12-13,15,18H,9H2,1-3H3,(H,21,22)/t10?,12-,13+,15-/m1/s1. The molecule has 1 aromatic carbocycles. The van der Waals surface area contributed by atoms with Gasteiger partial charge in [0.2, 0.25) is 5.91 Å². The summed E-state index contributed by atoms with van der Waals surface area (Å²) >= 11 is 1.58. The average Bonchev–Trinajstić information content (AvgIpc) is 2.74. The molecule has 3 rings (SSSR count). The smallest absolute Gasteiger partial charge is 0.327 e. The summed E-state index contributed by atoms with van der Waals surface area (Å²) in [6.45, 7) is 5.85. The van der Waals surface area contributed by atoms with Crippen molar-refractivity contribution in [3.63, 3.8) is 0 Å². The summed E-state index contributed by atoms with van der Waals surface area (Å²) in [6, 6.07) is 9.26. The first-order valence-electron chi connectivity index (χ1n) is 7.84. The summed E-state index contributed by atoms with van der Waals surface area (Å²) in [6.07, 6.45) is 0.841. The van der Waals surface area contributed by atoms with E-state index >= 15 is 0 Å². The lowest BCUT2D eigenvalue weighted by atomic mass is 9.95. The van der Waals surface area contributed by atoms with Gasteiger partial charge in [0, 0.05) is 10.8 Å². The van der Waals surface area contributed by atoms with Crippen LogP contribution in [0, 0.1) is 0 Å². The molecule has 1 unspecified atom stereocenters. The highest BCUT2D eigenvalue weighted by Crippen LogP contribution is 2.50. The fourth-order valence-corrected chi connectivity index (χ4v) is 5.14. The highest BCUT2D eigenvalue weighted by molar-refractivity contribution is 8.01. The van der Waals surface area contributed by atoms with E-state index in [1.54, 1.807) is 11.8 Å². The summed E-state index contributed by atoms with van der Waals surface area (Å²) in [7, 11) is 0. The van der Waals surface area contributed by atoms with Crippen LogP contribution in [0.15, 0.2) is 30.3 Å². The van der Waals surface area contributed by atoms with Crippen molar-refractivity contribution in [1.29, 1.82) is 0 Å². The minimum absolute atomic E-state index is 0.0863. The molecule has 0 bridgehead atoms. The Kier molecular flexibility index (Phi) is 4.14. The minimum Gasteiger partial charge on any atom is -0.480 e. The number of carboxylic acid groups (broad SMARTS) is 1. The molecular weight excluding hydrogens is 312 g/mol. The number of hydrogen-bond acceptors (Lipinski definition) is 4. The lowest BCUT2D eigenvalue weighted by Crippen LogP contribution is -2.71. The van der Waals surface area contributed by atoms with Crippen LogP contribution in [-0.2, 0) is 16.0 Å². The van der Waals surface area contributed by atoms with Gasteiger partial charge < -0.3 is 15.3 Å². The molecule has 5 nitrogen and oxygen atoms in total. The second-order valence-electron chi connectivity index (χ2n) is 6.83. The van der Waals surface area contributed by atoms with Gasteiger partial charge in [0.15, 0.2) is 0 Å². The number of aliphatic carboxylic acids is 1. The van der Waals surface area contributed by atoms with E-state index in [0.717, 1.165) is 6.42 Å². The SMILES string of the molecule is CC(Cc1ccccc1)N[C@@H]1C(=O)N2[C@@H]1SC(C)(C)[C@@H]2C(=O)O. The predicted molar refractivity (Wildman–Crippen MR) is 90.3 cm³/mol. The predicted octanol–water partition coefficient (Wildman–Crippen LogP) is 1.72. The third-order valence-electron chi connectivity index (χ3n) is 4.52. The van der Waals surface area contributed by atoms with Gasteiger partial charge >= 0.3 is 5.97 Å². The molecular formula is C17H22N2O3S. The number of amides is 1. The van der Waals surface area contributed by atoms with Gasteiger partial charge in [-0.15, -0.1) is 11.8 Å². The van der Waals surface area contributed by atoms with E-state index in [9.17, 15) is 14.7 Å². The van der Waals surface area contributed by atoms with Crippen molar-refractivity contribution in [2.24, 2.45) is 0 Å².